The molecule has 0 radical (unpaired) electrons. The molecule has 2 aromatic rings. The van der Waals surface area contributed by atoms with E-state index in [1.807, 2.05) is 36.4 Å². The Balaban J connectivity index is 1.53. The number of hydrazone groups is 2. The monoisotopic (exact) mass is 408 g/mol. The third-order valence-corrected chi connectivity index (χ3v) is 4.65. The highest BCUT2D eigenvalue weighted by molar-refractivity contribution is 6.07. The minimum atomic E-state index is -0.356. The van der Waals surface area contributed by atoms with E-state index in [-0.39, 0.29) is 24.2 Å². The number of amides is 2. The molecule has 156 valence electrons. The van der Waals surface area contributed by atoms with E-state index in [1.54, 1.807) is 26.2 Å². The van der Waals surface area contributed by atoms with E-state index in [0.717, 1.165) is 11.1 Å². The fourth-order valence-electron chi connectivity index (χ4n) is 2.96. The van der Waals surface area contributed by atoms with Crippen LogP contribution in [0.3, 0.4) is 0 Å². The smallest absolute Gasteiger partial charge is 0.248 e. The number of hydrogen-bond acceptors (Lipinski definition) is 6. The van der Waals surface area contributed by atoms with Crippen molar-refractivity contribution < 1.29 is 19.1 Å². The van der Waals surface area contributed by atoms with Crippen molar-refractivity contribution in [1.29, 1.82) is 0 Å². The van der Waals surface area contributed by atoms with Crippen LogP contribution >= 0.6 is 0 Å². The van der Waals surface area contributed by atoms with E-state index >= 15 is 0 Å². The van der Waals surface area contributed by atoms with Gasteiger partial charge in [0.1, 0.15) is 6.61 Å². The number of rotatable bonds is 9. The first-order valence-corrected chi connectivity index (χ1v) is 9.57. The summed E-state index contributed by atoms with van der Waals surface area (Å²) < 4.78 is 11.2. The van der Waals surface area contributed by atoms with E-state index in [9.17, 15) is 9.59 Å². The molecular weight excluding hydrogens is 384 g/mol. The van der Waals surface area contributed by atoms with Crippen molar-refractivity contribution in [3.05, 3.63) is 59.7 Å². The van der Waals surface area contributed by atoms with E-state index in [4.69, 9.17) is 9.47 Å². The van der Waals surface area contributed by atoms with Crippen molar-refractivity contribution >= 4 is 23.7 Å². The number of hydrogen-bond donors (Lipinski definition) is 2. The van der Waals surface area contributed by atoms with Crippen LogP contribution in [-0.2, 0) is 16.2 Å². The van der Waals surface area contributed by atoms with Crippen molar-refractivity contribution in [3.8, 4) is 11.5 Å². The molecule has 1 aliphatic heterocycles. The maximum Gasteiger partial charge on any atom is 0.248 e. The lowest BCUT2D eigenvalue weighted by Crippen LogP contribution is -2.25. The van der Waals surface area contributed by atoms with Gasteiger partial charge in [-0.1, -0.05) is 30.3 Å². The average molecular weight is 408 g/mol. The van der Waals surface area contributed by atoms with Crippen LogP contribution in [0.25, 0.3) is 0 Å². The van der Waals surface area contributed by atoms with Gasteiger partial charge in [-0.2, -0.15) is 10.2 Å². The van der Waals surface area contributed by atoms with E-state index in [2.05, 4.69) is 21.1 Å². The molecule has 3 rings (SSSR count). The summed E-state index contributed by atoms with van der Waals surface area (Å²) in [6.07, 6.45) is 2.10. The Labute approximate surface area is 175 Å². The molecule has 0 saturated carbocycles. The Bertz CT molecular complexity index is 957. The molecule has 2 aromatic carbocycles. The first-order valence-electron chi connectivity index (χ1n) is 9.57. The van der Waals surface area contributed by atoms with Crippen LogP contribution in [0, 0.1) is 5.92 Å². The first kappa shape index (κ1) is 21.0. The maximum atomic E-state index is 12.0. The Morgan fingerprint density at radius 1 is 1.23 bits per heavy atom. The van der Waals surface area contributed by atoms with Crippen LogP contribution in [0.5, 0.6) is 11.5 Å². The molecule has 0 unspecified atom stereocenters. The van der Waals surface area contributed by atoms with Gasteiger partial charge in [-0.25, -0.2) is 10.9 Å². The number of benzene rings is 2. The number of ether oxygens (including phenoxy) is 2. The minimum Gasteiger partial charge on any atom is -0.493 e. The number of methoxy groups -OCH3 is 1. The van der Waals surface area contributed by atoms with Gasteiger partial charge in [0.25, 0.3) is 0 Å². The van der Waals surface area contributed by atoms with Crippen molar-refractivity contribution in [3.63, 3.8) is 0 Å². The highest BCUT2D eigenvalue weighted by Gasteiger charge is 2.26. The number of carbonyl (C=O) groups is 2. The molecule has 2 N–H and O–H groups in total. The zero-order valence-electron chi connectivity index (χ0n) is 16.9. The van der Waals surface area contributed by atoms with Gasteiger partial charge in [0, 0.05) is 12.1 Å². The summed E-state index contributed by atoms with van der Waals surface area (Å²) in [6.45, 7) is 2.17. The lowest BCUT2D eigenvalue weighted by Gasteiger charge is -2.11. The molecule has 0 aromatic heterocycles. The standard InChI is InChI=1S/C22H24N4O4/c1-15-18(22(28)26-24-15)9-11-21(27)25-23-13-17-8-10-19(29-2)20(12-17)30-14-16-6-4-3-5-7-16/h3-8,10,12-13,18H,9,11,14H2,1-2H3,(H,25,27)(H,26,28)/b23-13+/t18-/m0/s1. The molecule has 8 heteroatoms. The number of carbonyl (C=O) groups excluding carboxylic acids is 2. The molecule has 2 amide bonds. The topological polar surface area (TPSA) is 101 Å². The second kappa shape index (κ2) is 10.2. The molecule has 0 saturated heterocycles. The van der Waals surface area contributed by atoms with Gasteiger partial charge in [0.15, 0.2) is 11.5 Å². The summed E-state index contributed by atoms with van der Waals surface area (Å²) in [5, 5.41) is 7.86. The van der Waals surface area contributed by atoms with E-state index in [0.29, 0.717) is 30.2 Å². The van der Waals surface area contributed by atoms with Crippen molar-refractivity contribution in [2.45, 2.75) is 26.4 Å². The fourth-order valence-corrected chi connectivity index (χ4v) is 2.96. The second-order valence-corrected chi connectivity index (χ2v) is 6.80. The Kier molecular flexibility index (Phi) is 7.15. The summed E-state index contributed by atoms with van der Waals surface area (Å²) in [5.74, 6) is 0.390. The predicted octanol–water partition coefficient (Wildman–Crippen LogP) is 2.63. The zero-order chi connectivity index (χ0) is 21.3. The van der Waals surface area contributed by atoms with Crippen LogP contribution in [0.4, 0.5) is 0 Å². The zero-order valence-corrected chi connectivity index (χ0v) is 16.9. The first-order chi connectivity index (χ1) is 14.6. The largest absolute Gasteiger partial charge is 0.493 e. The molecule has 0 fully saturated rings. The normalized spacial score (nSPS) is 15.6. The Hall–Kier alpha value is -3.68. The predicted molar refractivity (Wildman–Crippen MR) is 113 cm³/mol. The van der Waals surface area contributed by atoms with Gasteiger partial charge >= 0.3 is 0 Å². The maximum absolute atomic E-state index is 12.0. The van der Waals surface area contributed by atoms with Crippen molar-refractivity contribution in [2.24, 2.45) is 16.1 Å². The highest BCUT2D eigenvalue weighted by Crippen LogP contribution is 2.28. The van der Waals surface area contributed by atoms with Crippen molar-refractivity contribution in [1.82, 2.24) is 10.9 Å². The highest BCUT2D eigenvalue weighted by atomic mass is 16.5. The molecular formula is C22H24N4O4. The van der Waals surface area contributed by atoms with Gasteiger partial charge in [-0.15, -0.1) is 0 Å². The molecule has 8 nitrogen and oxygen atoms in total. The lowest BCUT2D eigenvalue weighted by molar-refractivity contribution is -0.123. The van der Waals surface area contributed by atoms with E-state index < -0.39 is 0 Å². The van der Waals surface area contributed by atoms with Gasteiger partial charge < -0.3 is 9.47 Å². The van der Waals surface area contributed by atoms with Crippen LogP contribution in [0.15, 0.2) is 58.7 Å². The summed E-state index contributed by atoms with van der Waals surface area (Å²) in [4.78, 5) is 23.6. The SMILES string of the molecule is COc1ccc(/C=N/NC(=O)CC[C@@H]2C(=O)NN=C2C)cc1OCc1ccccc1. The fraction of sp³-hybridized carbons (Fsp3) is 0.273. The third kappa shape index (κ3) is 5.66. The molecule has 1 heterocycles. The average Bonchev–Trinajstić information content (AvgIpc) is 3.09. The molecule has 0 bridgehead atoms. The molecule has 0 spiro atoms. The van der Waals surface area contributed by atoms with Gasteiger partial charge in [-0.3, -0.25) is 9.59 Å². The van der Waals surface area contributed by atoms with Crippen LogP contribution in [-0.4, -0.2) is 30.9 Å². The van der Waals surface area contributed by atoms with Gasteiger partial charge in [0.05, 0.1) is 19.2 Å². The second-order valence-electron chi connectivity index (χ2n) is 6.80. The Morgan fingerprint density at radius 3 is 2.73 bits per heavy atom. The van der Waals surface area contributed by atoms with Crippen molar-refractivity contribution in [2.75, 3.05) is 7.11 Å². The molecule has 30 heavy (non-hydrogen) atoms. The van der Waals surface area contributed by atoms with Crippen LogP contribution in [0.2, 0.25) is 0 Å². The van der Waals surface area contributed by atoms with Gasteiger partial charge in [-0.05, 0) is 42.7 Å². The molecule has 0 aliphatic carbocycles. The van der Waals surface area contributed by atoms with E-state index in [1.165, 1.54) is 6.21 Å². The van der Waals surface area contributed by atoms with Gasteiger partial charge in [0.2, 0.25) is 11.8 Å². The summed E-state index contributed by atoms with van der Waals surface area (Å²) in [6, 6.07) is 15.2. The molecule has 1 atom stereocenters. The summed E-state index contributed by atoms with van der Waals surface area (Å²) in [5.41, 5.74) is 7.37. The summed E-state index contributed by atoms with van der Waals surface area (Å²) >= 11 is 0. The number of nitrogens with zero attached hydrogens (tertiary/aromatic N) is 2. The summed E-state index contributed by atoms with van der Waals surface area (Å²) in [7, 11) is 1.58. The third-order valence-electron chi connectivity index (χ3n) is 4.65. The number of nitrogens with one attached hydrogen (secondary N) is 2. The van der Waals surface area contributed by atoms with Crippen LogP contribution in [0.1, 0.15) is 30.9 Å². The quantitative estimate of drug-likeness (QED) is 0.492. The lowest BCUT2D eigenvalue weighted by atomic mass is 9.99. The Morgan fingerprint density at radius 2 is 2.03 bits per heavy atom. The molecule has 1 aliphatic rings. The van der Waals surface area contributed by atoms with Crippen LogP contribution < -0.4 is 20.3 Å². The minimum absolute atomic E-state index is 0.176.